The Morgan fingerprint density at radius 1 is 0.939 bits per heavy atom. The zero-order valence-corrected chi connectivity index (χ0v) is 18.9. The minimum atomic E-state index is -1.29. The van der Waals surface area contributed by atoms with Crippen LogP contribution in [0.5, 0.6) is 11.5 Å². The van der Waals surface area contributed by atoms with Crippen molar-refractivity contribution in [3.05, 3.63) is 53.6 Å². The third kappa shape index (κ3) is 5.04. The normalized spacial score (nSPS) is 14.6. The van der Waals surface area contributed by atoms with Gasteiger partial charge in [0.1, 0.15) is 11.6 Å². The van der Waals surface area contributed by atoms with Gasteiger partial charge in [-0.15, -0.1) is 0 Å². The first-order valence-electron chi connectivity index (χ1n) is 10.3. The highest BCUT2D eigenvalue weighted by atomic mass is 16.6. The number of benzene rings is 2. The molecule has 2 N–H and O–H groups in total. The fraction of sp³-hybridized carbons (Fsp3) is 0.333. The van der Waals surface area contributed by atoms with Crippen molar-refractivity contribution in [2.24, 2.45) is 5.73 Å². The highest BCUT2D eigenvalue weighted by Gasteiger charge is 2.45. The molecule has 9 nitrogen and oxygen atoms in total. The van der Waals surface area contributed by atoms with E-state index in [2.05, 4.69) is 0 Å². The van der Waals surface area contributed by atoms with Crippen LogP contribution in [-0.4, -0.2) is 42.5 Å². The Bertz CT molecular complexity index is 1090. The monoisotopic (exact) mass is 454 g/mol. The van der Waals surface area contributed by atoms with Crippen LogP contribution in [0.1, 0.15) is 31.9 Å². The molecular weight excluding hydrogens is 428 g/mol. The maximum Gasteiger partial charge on any atom is 0.328 e. The molecule has 0 spiro atoms. The molecule has 0 saturated heterocycles. The molecule has 0 radical (unpaired) electrons. The predicted molar refractivity (Wildman–Crippen MR) is 119 cm³/mol. The van der Waals surface area contributed by atoms with Crippen LogP contribution in [0.25, 0.3) is 0 Å². The summed E-state index contributed by atoms with van der Waals surface area (Å²) in [5.74, 6) is -2.50. The van der Waals surface area contributed by atoms with E-state index in [1.54, 1.807) is 0 Å². The number of nitrogens with zero attached hydrogens (tertiary/aromatic N) is 1. The molecule has 174 valence electrons. The van der Waals surface area contributed by atoms with E-state index in [0.29, 0.717) is 12.8 Å². The van der Waals surface area contributed by atoms with E-state index in [-0.39, 0.29) is 17.2 Å². The average molecular weight is 454 g/mol. The summed E-state index contributed by atoms with van der Waals surface area (Å²) in [5.41, 5.74) is 7.45. The topological polar surface area (TPSA) is 125 Å². The molecule has 33 heavy (non-hydrogen) atoms. The second kappa shape index (κ2) is 9.41. The lowest BCUT2D eigenvalue weighted by Crippen LogP contribution is -2.59. The summed E-state index contributed by atoms with van der Waals surface area (Å²) >= 11 is 0. The Balaban J connectivity index is 2.06. The van der Waals surface area contributed by atoms with Crippen molar-refractivity contribution < 1.29 is 33.4 Å². The standard InChI is InChI=1S/C24H26N2O7/c1-14(22(29)31-4)26(23(30)24(25)12-17-7-5-6-8-18(17)13-24)19-9-10-20(32-15(2)27)21(11-19)33-16(3)28/h5-11,14H,12-13,25H2,1-4H3. The number of nitrogens with two attached hydrogens (primary N) is 1. The van der Waals surface area contributed by atoms with Gasteiger partial charge in [0, 0.05) is 25.6 Å². The summed E-state index contributed by atoms with van der Waals surface area (Å²) < 4.78 is 15.1. The molecule has 0 fully saturated rings. The average Bonchev–Trinajstić information content (AvgIpc) is 3.11. The first-order valence-corrected chi connectivity index (χ1v) is 10.3. The lowest BCUT2D eigenvalue weighted by Gasteiger charge is -2.34. The van der Waals surface area contributed by atoms with E-state index in [4.69, 9.17) is 19.9 Å². The van der Waals surface area contributed by atoms with Gasteiger partial charge in [0.15, 0.2) is 11.5 Å². The number of hydrogen-bond acceptors (Lipinski definition) is 8. The number of amides is 1. The predicted octanol–water partition coefficient (Wildman–Crippen LogP) is 1.93. The van der Waals surface area contributed by atoms with E-state index in [9.17, 15) is 19.2 Å². The molecule has 0 bridgehead atoms. The zero-order valence-electron chi connectivity index (χ0n) is 18.9. The quantitative estimate of drug-likeness (QED) is 0.518. The van der Waals surface area contributed by atoms with Crippen LogP contribution in [0.2, 0.25) is 0 Å². The van der Waals surface area contributed by atoms with Crippen molar-refractivity contribution in [1.29, 1.82) is 0 Å². The van der Waals surface area contributed by atoms with Crippen LogP contribution >= 0.6 is 0 Å². The van der Waals surface area contributed by atoms with Crippen molar-refractivity contribution in [2.45, 2.75) is 45.2 Å². The first-order chi connectivity index (χ1) is 15.6. The molecule has 0 heterocycles. The number of hydrogen-bond donors (Lipinski definition) is 1. The molecule has 0 aromatic heterocycles. The second-order valence-electron chi connectivity index (χ2n) is 7.97. The van der Waals surface area contributed by atoms with Crippen LogP contribution in [0.15, 0.2) is 42.5 Å². The number of methoxy groups -OCH3 is 1. The van der Waals surface area contributed by atoms with Crippen LogP contribution in [0.3, 0.4) is 0 Å². The van der Waals surface area contributed by atoms with Crippen molar-refractivity contribution in [3.63, 3.8) is 0 Å². The first kappa shape index (κ1) is 23.9. The molecule has 1 aliphatic carbocycles. The summed E-state index contributed by atoms with van der Waals surface area (Å²) in [6.45, 7) is 3.91. The minimum Gasteiger partial charge on any atom is -0.467 e. The van der Waals surface area contributed by atoms with E-state index in [1.807, 2.05) is 24.3 Å². The fourth-order valence-corrected chi connectivity index (χ4v) is 3.95. The molecule has 1 unspecified atom stereocenters. The summed E-state index contributed by atoms with van der Waals surface area (Å²) in [6, 6.07) is 10.8. The van der Waals surface area contributed by atoms with Crippen molar-refractivity contribution in [1.82, 2.24) is 0 Å². The number of anilines is 1. The number of carbonyl (C=O) groups excluding carboxylic acids is 4. The van der Waals surface area contributed by atoms with Gasteiger partial charge in [-0.05, 0) is 43.0 Å². The molecule has 1 aliphatic rings. The zero-order chi connectivity index (χ0) is 24.3. The van der Waals surface area contributed by atoms with Crippen LogP contribution < -0.4 is 20.1 Å². The Kier molecular flexibility index (Phi) is 6.83. The number of esters is 3. The highest BCUT2D eigenvalue weighted by Crippen LogP contribution is 2.36. The van der Waals surface area contributed by atoms with Crippen molar-refractivity contribution >= 4 is 29.5 Å². The molecule has 9 heteroatoms. The molecule has 2 aromatic rings. The maximum absolute atomic E-state index is 13.8. The van der Waals surface area contributed by atoms with Crippen LogP contribution in [-0.2, 0) is 36.8 Å². The van der Waals surface area contributed by atoms with Gasteiger partial charge in [-0.1, -0.05) is 24.3 Å². The van der Waals surface area contributed by atoms with Gasteiger partial charge in [-0.2, -0.15) is 0 Å². The van der Waals surface area contributed by atoms with Gasteiger partial charge in [-0.25, -0.2) is 4.79 Å². The minimum absolute atomic E-state index is 0.00435. The lowest BCUT2D eigenvalue weighted by molar-refractivity contribution is -0.143. The highest BCUT2D eigenvalue weighted by molar-refractivity contribution is 6.05. The van der Waals surface area contributed by atoms with Gasteiger partial charge in [0.2, 0.25) is 5.91 Å². The SMILES string of the molecule is COC(=O)C(C)N(C(=O)C1(N)Cc2ccccc2C1)c1ccc(OC(C)=O)c(OC(C)=O)c1. The molecule has 0 aliphatic heterocycles. The van der Waals surface area contributed by atoms with E-state index < -0.39 is 35.4 Å². The van der Waals surface area contributed by atoms with Crippen molar-refractivity contribution in [2.75, 3.05) is 12.0 Å². The molecular formula is C24H26N2O7. The Labute approximate surface area is 191 Å². The number of carbonyl (C=O) groups is 4. The number of fused-ring (bicyclic) bond motifs is 1. The third-order valence-corrected chi connectivity index (χ3v) is 5.42. The summed E-state index contributed by atoms with van der Waals surface area (Å²) in [4.78, 5) is 50.5. The van der Waals surface area contributed by atoms with Gasteiger partial charge in [-0.3, -0.25) is 19.3 Å². The maximum atomic E-state index is 13.8. The number of rotatable bonds is 6. The Morgan fingerprint density at radius 2 is 1.48 bits per heavy atom. The Morgan fingerprint density at radius 3 is 2.00 bits per heavy atom. The Hall–Kier alpha value is -3.72. The smallest absolute Gasteiger partial charge is 0.328 e. The fourth-order valence-electron chi connectivity index (χ4n) is 3.95. The van der Waals surface area contributed by atoms with Crippen LogP contribution in [0.4, 0.5) is 5.69 Å². The summed E-state index contributed by atoms with van der Waals surface area (Å²) in [5, 5.41) is 0. The molecule has 3 rings (SSSR count). The lowest BCUT2D eigenvalue weighted by atomic mass is 9.94. The molecule has 0 saturated carbocycles. The van der Waals surface area contributed by atoms with Gasteiger partial charge >= 0.3 is 17.9 Å². The van der Waals surface area contributed by atoms with Gasteiger partial charge in [0.25, 0.3) is 0 Å². The second-order valence-corrected chi connectivity index (χ2v) is 7.97. The molecule has 1 amide bonds. The van der Waals surface area contributed by atoms with Gasteiger partial charge in [0.05, 0.1) is 7.11 Å². The van der Waals surface area contributed by atoms with E-state index in [0.717, 1.165) is 11.1 Å². The summed E-state index contributed by atoms with van der Waals surface area (Å²) in [6.07, 6.45) is 0.601. The molecule has 2 aromatic carbocycles. The third-order valence-electron chi connectivity index (χ3n) is 5.42. The molecule has 1 atom stereocenters. The van der Waals surface area contributed by atoms with Crippen LogP contribution in [0, 0.1) is 0 Å². The van der Waals surface area contributed by atoms with E-state index in [1.165, 1.54) is 51.0 Å². The van der Waals surface area contributed by atoms with Crippen molar-refractivity contribution in [3.8, 4) is 11.5 Å². The number of ether oxygens (including phenoxy) is 3. The summed E-state index contributed by atoms with van der Waals surface area (Å²) in [7, 11) is 1.22. The largest absolute Gasteiger partial charge is 0.467 e. The van der Waals surface area contributed by atoms with Gasteiger partial charge < -0.3 is 19.9 Å². The van der Waals surface area contributed by atoms with E-state index >= 15 is 0 Å².